The zero-order valence-electron chi connectivity index (χ0n) is 32.7. The Morgan fingerprint density at radius 1 is 0.814 bits per heavy atom. The summed E-state index contributed by atoms with van der Waals surface area (Å²) in [4.78, 5) is 32.3. The molecule has 1 fully saturated rings. The number of thiophene rings is 1. The van der Waals surface area contributed by atoms with E-state index in [0.29, 0.717) is 12.3 Å². The Balaban J connectivity index is 0.000000349. The first kappa shape index (κ1) is 40.1. The lowest BCUT2D eigenvalue weighted by atomic mass is 9.78. The summed E-state index contributed by atoms with van der Waals surface area (Å²) in [6.45, 7) is 0.651. The highest BCUT2D eigenvalue weighted by atomic mass is 32.2. The lowest BCUT2D eigenvalue weighted by molar-refractivity contribution is -0.175. The highest BCUT2D eigenvalue weighted by Crippen LogP contribution is 2.42. The van der Waals surface area contributed by atoms with Crippen molar-refractivity contribution in [2.24, 2.45) is 5.73 Å². The van der Waals surface area contributed by atoms with Gasteiger partial charge < -0.3 is 10.5 Å². The Bertz CT molecular complexity index is 2560. The molecule has 0 bridgehead atoms. The van der Waals surface area contributed by atoms with Gasteiger partial charge in [0.25, 0.3) is 5.91 Å². The first-order valence-corrected chi connectivity index (χ1v) is 22.5. The minimum atomic E-state index is -3.29. The maximum Gasteiger partial charge on any atom is 0.275 e. The average Bonchev–Trinajstić information content (AvgIpc) is 3.77. The van der Waals surface area contributed by atoms with Crippen LogP contribution in [-0.4, -0.2) is 38.4 Å². The summed E-state index contributed by atoms with van der Waals surface area (Å²) in [6, 6.07) is 35.9. The van der Waals surface area contributed by atoms with Crippen molar-refractivity contribution in [1.82, 2.24) is 0 Å². The molecule has 300 valence electrons. The maximum atomic E-state index is 13.3. The number of primary amides is 1. The Hall–Kier alpha value is -5.65. The average molecular weight is 823 g/mol. The number of allylic oxidation sites excluding steroid dienone is 3. The van der Waals surface area contributed by atoms with Crippen LogP contribution in [0.15, 0.2) is 133 Å². The summed E-state index contributed by atoms with van der Waals surface area (Å²) < 4.78 is 28.1. The molecule has 59 heavy (non-hydrogen) atoms. The van der Waals surface area contributed by atoms with Gasteiger partial charge in [-0.2, -0.15) is 5.06 Å². The number of para-hydroxylation sites is 1. The van der Waals surface area contributed by atoms with E-state index in [2.05, 4.69) is 78.9 Å². The van der Waals surface area contributed by atoms with Crippen molar-refractivity contribution in [2.75, 3.05) is 11.7 Å². The van der Waals surface area contributed by atoms with Crippen molar-refractivity contribution < 1.29 is 27.6 Å². The van der Waals surface area contributed by atoms with Crippen LogP contribution >= 0.6 is 11.3 Å². The molecule has 8 nitrogen and oxygen atoms in total. The predicted octanol–water partition coefficient (Wildman–Crippen LogP) is 9.90. The maximum absolute atomic E-state index is 13.3. The smallest absolute Gasteiger partial charge is 0.275 e. The van der Waals surface area contributed by atoms with E-state index >= 15 is 0 Å². The molecule has 2 atom stereocenters. The molecular weight excluding hydrogens is 777 g/mol. The monoisotopic (exact) mass is 822 g/mol. The van der Waals surface area contributed by atoms with Crippen LogP contribution in [0.1, 0.15) is 64.8 Å². The molecule has 2 amide bonds. The van der Waals surface area contributed by atoms with Crippen molar-refractivity contribution in [2.45, 2.75) is 62.9 Å². The first-order chi connectivity index (χ1) is 28.7. The van der Waals surface area contributed by atoms with Crippen molar-refractivity contribution in [3.63, 3.8) is 0 Å². The fraction of sp³-hybridized carbons (Fsp3) is 0.224. The molecule has 2 unspecified atom stereocenters. The second kappa shape index (κ2) is 18.1. The van der Waals surface area contributed by atoms with Crippen LogP contribution in [0.2, 0.25) is 0 Å². The Kier molecular flexibility index (Phi) is 12.3. The normalized spacial score (nSPS) is 18.7. The second-order valence-electron chi connectivity index (χ2n) is 15.0. The third kappa shape index (κ3) is 9.47. The molecule has 0 spiro atoms. The molecular formula is C49H46N2O6S2. The van der Waals surface area contributed by atoms with Gasteiger partial charge in [-0.05, 0) is 119 Å². The van der Waals surface area contributed by atoms with E-state index in [0.717, 1.165) is 55.9 Å². The molecule has 4 aromatic carbocycles. The molecule has 0 radical (unpaired) electrons. The molecule has 5 aromatic rings. The number of nitrogens with two attached hydrogens (primary N) is 1. The van der Waals surface area contributed by atoms with Crippen LogP contribution in [0, 0.1) is 0 Å². The van der Waals surface area contributed by atoms with Gasteiger partial charge in [-0.15, -0.1) is 11.3 Å². The molecule has 2 aliphatic carbocycles. The number of carbonyl (C=O) groups is 2. The van der Waals surface area contributed by atoms with Crippen LogP contribution in [-0.2, 0) is 48.3 Å². The standard InChI is InChI=1S/C42H37NO3S.C7H9NO3S/c44-41(43(34-9-2-1-3-10-34)46-42-12-6-7-27-45-42)26-15-29-13-16-31(17-14-29)39-24-25-40(47-39)33-20-21-36-32(28-33)19-23-37-35-11-5-4-8-30(35)18-22-38(36)37;8-7(9)5-6-3-1-2-4-12(6,10)11/h1-5,8-11,13-17,19,23-26,28,42H,6-7,12,18,20-22,27H2;1-4,6H,5H2,(H2,8,9). The fourth-order valence-corrected chi connectivity index (χ4v) is 10.2. The van der Waals surface area contributed by atoms with Crippen LogP contribution in [0.4, 0.5) is 5.69 Å². The van der Waals surface area contributed by atoms with Crippen molar-refractivity contribution >= 4 is 56.4 Å². The highest BCUT2D eigenvalue weighted by Gasteiger charge is 2.25. The number of rotatable bonds is 9. The first-order valence-electron chi connectivity index (χ1n) is 20.1. The Morgan fingerprint density at radius 2 is 1.59 bits per heavy atom. The topological polar surface area (TPSA) is 116 Å². The third-order valence-corrected chi connectivity index (χ3v) is 13.9. The molecule has 3 heterocycles. The minimum absolute atomic E-state index is 0.150. The molecule has 2 N–H and O–H groups in total. The van der Waals surface area contributed by atoms with Gasteiger partial charge in [0.05, 0.1) is 10.9 Å². The number of fused-ring (bicyclic) bond motifs is 5. The third-order valence-electron chi connectivity index (χ3n) is 11.0. The lowest BCUT2D eigenvalue weighted by Crippen LogP contribution is -2.36. The number of benzene rings is 4. The quantitative estimate of drug-likeness (QED) is 0.117. The molecule has 4 aliphatic rings. The van der Waals surface area contributed by atoms with Crippen molar-refractivity contribution in [3.8, 4) is 21.6 Å². The number of anilines is 1. The lowest BCUT2D eigenvalue weighted by Gasteiger charge is -2.28. The molecule has 0 saturated carbocycles. The van der Waals surface area contributed by atoms with Crippen LogP contribution in [0.5, 0.6) is 0 Å². The number of amides is 2. The van der Waals surface area contributed by atoms with E-state index in [1.54, 1.807) is 23.3 Å². The minimum Gasteiger partial charge on any atom is -0.370 e. The molecule has 10 heteroatoms. The van der Waals surface area contributed by atoms with Gasteiger partial charge in [0, 0.05) is 40.7 Å². The van der Waals surface area contributed by atoms with E-state index in [1.165, 1.54) is 60.4 Å². The largest absolute Gasteiger partial charge is 0.370 e. The Morgan fingerprint density at radius 3 is 2.37 bits per heavy atom. The SMILES string of the molecule is NC(=O)CC1C=CC=CS1(=O)=O.O=C(C=Cc1ccc(-c2ccc(C3=Cc4ccc5c(c4CC3)CCc3ccccc3-5)s2)cc1)N(OC1CCCCO1)c1ccccc1. The Labute approximate surface area is 349 Å². The van der Waals surface area contributed by atoms with E-state index in [4.69, 9.17) is 15.3 Å². The summed E-state index contributed by atoms with van der Waals surface area (Å²) in [7, 11) is -3.29. The number of nitrogens with zero attached hydrogens (tertiary/aromatic N) is 1. The summed E-state index contributed by atoms with van der Waals surface area (Å²) >= 11 is 1.85. The summed E-state index contributed by atoms with van der Waals surface area (Å²) in [5, 5.41) is 1.65. The number of ether oxygens (including phenoxy) is 1. The zero-order chi connectivity index (χ0) is 40.8. The number of hydrogen-bond acceptors (Lipinski definition) is 7. The van der Waals surface area contributed by atoms with Gasteiger partial charge in [-0.3, -0.25) is 9.59 Å². The number of sulfone groups is 1. The van der Waals surface area contributed by atoms with Crippen molar-refractivity contribution in [1.29, 1.82) is 0 Å². The van der Waals surface area contributed by atoms with Gasteiger partial charge in [0.2, 0.25) is 5.91 Å². The van der Waals surface area contributed by atoms with Crippen molar-refractivity contribution in [3.05, 3.63) is 166 Å². The van der Waals surface area contributed by atoms with Gasteiger partial charge in [0.1, 0.15) is 0 Å². The number of hydrogen-bond donors (Lipinski definition) is 1. The van der Waals surface area contributed by atoms with E-state index in [1.807, 2.05) is 47.7 Å². The fourth-order valence-electron chi connectivity index (χ4n) is 7.96. The zero-order valence-corrected chi connectivity index (χ0v) is 34.3. The molecule has 1 saturated heterocycles. The van der Waals surface area contributed by atoms with Crippen LogP contribution in [0.25, 0.3) is 39.3 Å². The second-order valence-corrected chi connectivity index (χ2v) is 18.1. The van der Waals surface area contributed by atoms with E-state index < -0.39 is 27.3 Å². The predicted molar refractivity (Wildman–Crippen MR) is 238 cm³/mol. The highest BCUT2D eigenvalue weighted by molar-refractivity contribution is 7.95. The summed E-state index contributed by atoms with van der Waals surface area (Å²) in [5.74, 6) is -0.853. The van der Waals surface area contributed by atoms with Gasteiger partial charge >= 0.3 is 0 Å². The molecule has 2 aliphatic heterocycles. The molecule has 1 aromatic heterocycles. The van der Waals surface area contributed by atoms with E-state index in [9.17, 15) is 18.0 Å². The van der Waals surface area contributed by atoms with Crippen LogP contribution in [0.3, 0.4) is 0 Å². The summed E-state index contributed by atoms with van der Waals surface area (Å²) in [5.41, 5.74) is 17.9. The van der Waals surface area contributed by atoms with Gasteiger partial charge in [0.15, 0.2) is 16.1 Å². The van der Waals surface area contributed by atoms with E-state index in [-0.39, 0.29) is 12.3 Å². The van der Waals surface area contributed by atoms with Crippen LogP contribution < -0.4 is 10.8 Å². The number of aryl methyl sites for hydroxylation is 1. The molecule has 9 rings (SSSR count). The van der Waals surface area contributed by atoms with Gasteiger partial charge in [-0.25, -0.2) is 13.3 Å². The van der Waals surface area contributed by atoms with Gasteiger partial charge in [-0.1, -0.05) is 103 Å². The number of carbonyl (C=O) groups excluding carboxylic acids is 2. The number of hydroxylamine groups is 1. The summed E-state index contributed by atoms with van der Waals surface area (Å²) in [6.07, 6.45) is 17.0.